The first-order valence-electron chi connectivity index (χ1n) is 20.8. The Morgan fingerprint density at radius 2 is 1.07 bits per heavy atom. The first-order chi connectivity index (χ1) is 29.5. The standard InChI is InChI=1S/C58H46I2/c1-39(2)53(42-21-9-5-10-22-42)38-55(59-40(3)43-24-17-26-45(35-43)46-27-18-25-44(36-46)41-19-7-4-8-20-41)54-37-47-23-13-14-30-49(47)51-33-34-52-50-31-15-16-32-56(50)60(58(52)57(51)54)48-28-11-6-12-29-48/h4-36,38,54H,37H2,1-3H3/b55-38-. The van der Waals surface area contributed by atoms with Gasteiger partial charge in [-0.05, 0) is 5.56 Å². The monoisotopic (exact) mass is 996 g/mol. The molecule has 1 unspecified atom stereocenters. The van der Waals surface area contributed by atoms with Crippen LogP contribution in [0.4, 0.5) is 0 Å². The Morgan fingerprint density at radius 3 is 1.82 bits per heavy atom. The Hall–Kier alpha value is -5.43. The van der Waals surface area contributed by atoms with Crippen molar-refractivity contribution >= 4 is 49.6 Å². The molecule has 0 N–H and O–H groups in total. The van der Waals surface area contributed by atoms with Gasteiger partial charge in [0, 0.05) is 0 Å². The molecule has 0 saturated carbocycles. The molecule has 0 aromatic heterocycles. The number of rotatable bonds is 8. The van der Waals surface area contributed by atoms with Gasteiger partial charge in [0.25, 0.3) is 0 Å². The molecule has 8 aromatic carbocycles. The molecule has 8 aromatic rings. The normalized spacial score (nSPS) is 14.9. The second kappa shape index (κ2) is 16.9. The minimum atomic E-state index is -2.06. The van der Waals surface area contributed by atoms with E-state index in [0.717, 1.165) is 6.42 Å². The van der Waals surface area contributed by atoms with Crippen molar-refractivity contribution in [1.29, 1.82) is 0 Å². The van der Waals surface area contributed by atoms with Crippen molar-refractivity contribution in [3.63, 3.8) is 0 Å². The Bertz CT molecular complexity index is 2970. The fourth-order valence-electron chi connectivity index (χ4n) is 8.92. The summed E-state index contributed by atoms with van der Waals surface area (Å²) in [5.41, 5.74) is 19.1. The molecule has 0 radical (unpaired) electrons. The summed E-state index contributed by atoms with van der Waals surface area (Å²) in [6.45, 7) is 6.99. The Balaban J connectivity index is 1.18. The molecule has 10 rings (SSSR count). The molecule has 1 atom stereocenters. The van der Waals surface area contributed by atoms with Crippen LogP contribution in [-0.2, 0) is 6.42 Å². The summed E-state index contributed by atoms with van der Waals surface area (Å²) in [7, 11) is 0. The topological polar surface area (TPSA) is 0 Å². The van der Waals surface area contributed by atoms with Crippen LogP contribution in [0.5, 0.6) is 0 Å². The molecule has 1 aliphatic heterocycles. The second-order valence-corrected chi connectivity index (χ2v) is 24.3. The summed E-state index contributed by atoms with van der Waals surface area (Å²) in [4.78, 5) is 0. The van der Waals surface area contributed by atoms with E-state index in [1.54, 1.807) is 16.3 Å². The van der Waals surface area contributed by atoms with Gasteiger partial charge in [-0.2, -0.15) is 0 Å². The summed E-state index contributed by atoms with van der Waals surface area (Å²) >= 11 is -2.64. The fraction of sp³-hybridized carbons (Fsp3) is 0.0862. The molecule has 0 spiro atoms. The minimum absolute atomic E-state index is 0.259. The molecule has 60 heavy (non-hydrogen) atoms. The number of halogens is 2. The fourth-order valence-corrected chi connectivity index (χ4v) is 18.8. The number of hydrogen-bond donors (Lipinski definition) is 0. The van der Waals surface area contributed by atoms with Gasteiger partial charge in [-0.25, -0.2) is 0 Å². The number of allylic oxidation sites excluding steroid dienone is 4. The molecule has 1 aliphatic carbocycles. The predicted octanol–water partition coefficient (Wildman–Crippen LogP) is 16.3. The van der Waals surface area contributed by atoms with Gasteiger partial charge < -0.3 is 0 Å². The molecule has 2 heteroatoms. The van der Waals surface area contributed by atoms with E-state index >= 15 is 0 Å². The molecule has 1 heterocycles. The molecule has 292 valence electrons. The van der Waals surface area contributed by atoms with E-state index < -0.39 is 40.6 Å². The van der Waals surface area contributed by atoms with E-state index in [1.807, 2.05) is 0 Å². The molecule has 2 aliphatic rings. The zero-order valence-electron chi connectivity index (χ0n) is 34.2. The van der Waals surface area contributed by atoms with E-state index in [2.05, 4.69) is 227 Å². The maximum absolute atomic E-state index is 2.64. The third-order valence-electron chi connectivity index (χ3n) is 11.8. The maximum atomic E-state index is 2.64. The van der Waals surface area contributed by atoms with Crippen molar-refractivity contribution in [2.45, 2.75) is 33.1 Å². The molecular weight excluding hydrogens is 950 g/mol. The van der Waals surface area contributed by atoms with E-state index in [-0.39, 0.29) is 5.92 Å². The SMILES string of the molecule is CC(=I/C(=C\C(=C(C)C)c1ccccc1)C1Cc2ccccc2-c2ccc3c(c21)I(c1ccccc1)c1ccccc1-3)c1cccc(-c2cccc(-c3ccccc3)c2)c1. The van der Waals surface area contributed by atoms with Crippen LogP contribution in [0.3, 0.4) is 0 Å². The van der Waals surface area contributed by atoms with Crippen LogP contribution in [0.1, 0.15) is 48.9 Å². The summed E-state index contributed by atoms with van der Waals surface area (Å²) in [5, 5.41) is 0. The molecular formula is C58H46I2. The van der Waals surface area contributed by atoms with Crippen LogP contribution in [0.25, 0.3) is 50.1 Å². The van der Waals surface area contributed by atoms with Crippen LogP contribution in [0.15, 0.2) is 215 Å². The molecule has 0 nitrogen and oxygen atoms in total. The van der Waals surface area contributed by atoms with Crippen LogP contribution >= 0.6 is 40.6 Å². The average molecular weight is 997 g/mol. The van der Waals surface area contributed by atoms with E-state index in [0.29, 0.717) is 0 Å². The quantitative estimate of drug-likeness (QED) is 0.105. The summed E-state index contributed by atoms with van der Waals surface area (Å²) in [6.07, 6.45) is 3.64. The Labute approximate surface area is 372 Å². The van der Waals surface area contributed by atoms with Gasteiger partial charge in [0.15, 0.2) is 0 Å². The van der Waals surface area contributed by atoms with Gasteiger partial charge in [0.2, 0.25) is 0 Å². The van der Waals surface area contributed by atoms with Crippen LogP contribution < -0.4 is 0 Å². The number of benzene rings is 8. The number of fused-ring (bicyclic) bond motifs is 7. The van der Waals surface area contributed by atoms with Crippen molar-refractivity contribution in [2.75, 3.05) is 0 Å². The van der Waals surface area contributed by atoms with Crippen LogP contribution in [0, 0.1) is 10.7 Å². The van der Waals surface area contributed by atoms with Crippen molar-refractivity contribution < 1.29 is 0 Å². The first-order valence-corrected chi connectivity index (χ1v) is 26.2. The van der Waals surface area contributed by atoms with E-state index in [4.69, 9.17) is 0 Å². The zero-order chi connectivity index (χ0) is 40.6. The second-order valence-electron chi connectivity index (χ2n) is 15.8. The number of hydrogen-bond acceptors (Lipinski definition) is 0. The Morgan fingerprint density at radius 1 is 0.500 bits per heavy atom. The van der Waals surface area contributed by atoms with Crippen LogP contribution in [-0.4, -0.2) is 3.51 Å². The van der Waals surface area contributed by atoms with Crippen molar-refractivity contribution in [3.8, 4) is 44.5 Å². The van der Waals surface area contributed by atoms with Gasteiger partial charge in [-0.1, -0.05) is 36.4 Å². The third-order valence-corrected chi connectivity index (χ3v) is 21.2. The van der Waals surface area contributed by atoms with E-state index in [9.17, 15) is 0 Å². The van der Waals surface area contributed by atoms with Gasteiger partial charge in [-0.15, -0.1) is 0 Å². The Kier molecular flexibility index (Phi) is 10.9. The predicted molar refractivity (Wildman–Crippen MR) is 274 cm³/mol. The van der Waals surface area contributed by atoms with Crippen molar-refractivity contribution in [1.82, 2.24) is 0 Å². The van der Waals surface area contributed by atoms with Crippen molar-refractivity contribution in [2.24, 2.45) is 0 Å². The molecule has 0 saturated heterocycles. The third kappa shape index (κ3) is 7.39. The van der Waals surface area contributed by atoms with Crippen molar-refractivity contribution in [3.05, 3.63) is 248 Å². The van der Waals surface area contributed by atoms with Gasteiger partial charge in [-0.3, -0.25) is 0 Å². The van der Waals surface area contributed by atoms with Gasteiger partial charge in [0.1, 0.15) is 0 Å². The van der Waals surface area contributed by atoms with E-state index in [1.165, 1.54) is 79.4 Å². The summed E-state index contributed by atoms with van der Waals surface area (Å²) < 4.78 is 7.82. The molecule has 0 bridgehead atoms. The average Bonchev–Trinajstić information content (AvgIpc) is 3.65. The summed E-state index contributed by atoms with van der Waals surface area (Å²) in [6, 6.07) is 75.1. The van der Waals surface area contributed by atoms with Gasteiger partial charge >= 0.3 is 334 Å². The molecule has 0 amide bonds. The zero-order valence-corrected chi connectivity index (χ0v) is 38.5. The van der Waals surface area contributed by atoms with Gasteiger partial charge in [0.05, 0.1) is 0 Å². The summed E-state index contributed by atoms with van der Waals surface area (Å²) in [5.74, 6) is 0.259. The van der Waals surface area contributed by atoms with Crippen LogP contribution in [0.2, 0.25) is 0 Å². The first kappa shape index (κ1) is 38.8. The molecule has 0 fully saturated rings.